The van der Waals surface area contributed by atoms with Gasteiger partial charge in [0, 0.05) is 11.9 Å². The lowest BCUT2D eigenvalue weighted by Gasteiger charge is -2.10. The zero-order valence-corrected chi connectivity index (χ0v) is 15.0. The van der Waals surface area contributed by atoms with E-state index in [1.54, 1.807) is 30.3 Å². The van der Waals surface area contributed by atoms with E-state index in [-0.39, 0.29) is 21.3 Å². The third kappa shape index (κ3) is 4.19. The Labute approximate surface area is 151 Å². The summed E-state index contributed by atoms with van der Waals surface area (Å²) in [5.74, 6) is 0.196. The molecule has 134 valence electrons. The van der Waals surface area contributed by atoms with Crippen LogP contribution in [0.1, 0.15) is 0 Å². The first kappa shape index (κ1) is 17.9. The van der Waals surface area contributed by atoms with Crippen LogP contribution in [0.4, 0.5) is 11.5 Å². The molecule has 0 aliphatic carbocycles. The van der Waals surface area contributed by atoms with Gasteiger partial charge in [-0.05, 0) is 48.5 Å². The number of anilines is 2. The third-order valence-corrected chi connectivity index (χ3v) is 6.14. The predicted molar refractivity (Wildman–Crippen MR) is 98.7 cm³/mol. The van der Waals surface area contributed by atoms with Crippen LogP contribution in [-0.2, 0) is 20.0 Å². The standard InChI is InChI=1S/C17H15N3O4S2/c21-25(22,15-6-2-1-3-7-15)19-14-9-11-16(12-10-14)26(23,24)20-17-8-4-5-13-18-17/h1-13,19H,(H,18,20). The van der Waals surface area contributed by atoms with Gasteiger partial charge in [-0.3, -0.25) is 9.44 Å². The summed E-state index contributed by atoms with van der Waals surface area (Å²) in [7, 11) is -7.55. The van der Waals surface area contributed by atoms with Crippen LogP contribution < -0.4 is 9.44 Å². The van der Waals surface area contributed by atoms with E-state index < -0.39 is 20.0 Å². The SMILES string of the molecule is O=S(=O)(Nc1ccc(S(=O)(=O)Nc2ccccn2)cc1)c1ccccc1. The van der Waals surface area contributed by atoms with Crippen LogP contribution >= 0.6 is 0 Å². The van der Waals surface area contributed by atoms with E-state index in [1.165, 1.54) is 48.7 Å². The smallest absolute Gasteiger partial charge is 0.263 e. The summed E-state index contributed by atoms with van der Waals surface area (Å²) < 4.78 is 54.0. The van der Waals surface area contributed by atoms with Crippen LogP contribution in [-0.4, -0.2) is 21.8 Å². The molecule has 3 aromatic rings. The summed E-state index contributed by atoms with van der Waals surface area (Å²) in [6.45, 7) is 0. The minimum Gasteiger partial charge on any atom is -0.280 e. The van der Waals surface area contributed by atoms with Crippen molar-refractivity contribution in [3.05, 3.63) is 79.0 Å². The number of hydrogen-bond donors (Lipinski definition) is 2. The molecule has 0 saturated heterocycles. The molecule has 2 aromatic carbocycles. The van der Waals surface area contributed by atoms with Crippen molar-refractivity contribution in [2.24, 2.45) is 0 Å². The molecule has 1 heterocycles. The Bertz CT molecular complexity index is 1080. The Kier molecular flexibility index (Phi) is 4.92. The summed E-state index contributed by atoms with van der Waals surface area (Å²) in [5, 5.41) is 0. The fraction of sp³-hybridized carbons (Fsp3) is 0. The van der Waals surface area contributed by atoms with Crippen LogP contribution in [0.15, 0.2) is 88.8 Å². The van der Waals surface area contributed by atoms with Crippen molar-refractivity contribution in [2.45, 2.75) is 9.79 Å². The van der Waals surface area contributed by atoms with E-state index in [9.17, 15) is 16.8 Å². The van der Waals surface area contributed by atoms with Crippen molar-refractivity contribution in [3.63, 3.8) is 0 Å². The monoisotopic (exact) mass is 389 g/mol. The molecule has 0 radical (unpaired) electrons. The average Bonchev–Trinajstić information content (AvgIpc) is 2.63. The number of sulfonamides is 2. The first-order valence-electron chi connectivity index (χ1n) is 7.49. The lowest BCUT2D eigenvalue weighted by Crippen LogP contribution is -2.15. The van der Waals surface area contributed by atoms with Gasteiger partial charge in [0.15, 0.2) is 0 Å². The maximum absolute atomic E-state index is 12.3. The van der Waals surface area contributed by atoms with Crippen LogP contribution in [0, 0.1) is 0 Å². The minimum absolute atomic E-state index is 0.00851. The number of pyridine rings is 1. The van der Waals surface area contributed by atoms with E-state index in [0.29, 0.717) is 0 Å². The number of nitrogens with zero attached hydrogens (tertiary/aromatic N) is 1. The molecule has 1 aromatic heterocycles. The van der Waals surface area contributed by atoms with E-state index >= 15 is 0 Å². The lowest BCUT2D eigenvalue weighted by atomic mass is 10.3. The van der Waals surface area contributed by atoms with Gasteiger partial charge in [0.25, 0.3) is 20.0 Å². The summed E-state index contributed by atoms with van der Waals surface area (Å²) in [5.41, 5.74) is 0.255. The van der Waals surface area contributed by atoms with Crippen molar-refractivity contribution >= 4 is 31.6 Å². The van der Waals surface area contributed by atoms with Crippen molar-refractivity contribution in [1.82, 2.24) is 4.98 Å². The molecule has 0 amide bonds. The summed E-state index contributed by atoms with van der Waals surface area (Å²) >= 11 is 0. The molecule has 9 heteroatoms. The van der Waals surface area contributed by atoms with Crippen molar-refractivity contribution in [3.8, 4) is 0 Å². The Morgan fingerprint density at radius 2 is 1.19 bits per heavy atom. The molecular formula is C17H15N3O4S2. The molecule has 26 heavy (non-hydrogen) atoms. The van der Waals surface area contributed by atoms with Gasteiger partial charge in [-0.25, -0.2) is 21.8 Å². The number of aromatic nitrogens is 1. The van der Waals surface area contributed by atoms with E-state index in [1.807, 2.05) is 0 Å². The molecule has 0 atom stereocenters. The predicted octanol–water partition coefficient (Wildman–Crippen LogP) is 2.68. The molecule has 0 aliphatic heterocycles. The zero-order chi connectivity index (χ0) is 18.6. The Hall–Kier alpha value is -2.91. The minimum atomic E-state index is -3.82. The number of nitrogens with one attached hydrogen (secondary N) is 2. The van der Waals surface area contributed by atoms with Gasteiger partial charge >= 0.3 is 0 Å². The maximum Gasteiger partial charge on any atom is 0.263 e. The topological polar surface area (TPSA) is 105 Å². The fourth-order valence-corrected chi connectivity index (χ4v) is 4.22. The normalized spacial score (nSPS) is 11.7. The molecule has 0 bridgehead atoms. The van der Waals surface area contributed by atoms with Gasteiger partial charge in [0.2, 0.25) is 0 Å². The maximum atomic E-state index is 12.3. The second kappa shape index (κ2) is 7.14. The molecule has 0 aliphatic rings. The van der Waals surface area contributed by atoms with Gasteiger partial charge in [-0.1, -0.05) is 24.3 Å². The first-order chi connectivity index (χ1) is 12.4. The Morgan fingerprint density at radius 1 is 0.615 bits per heavy atom. The number of hydrogen-bond acceptors (Lipinski definition) is 5. The highest BCUT2D eigenvalue weighted by molar-refractivity contribution is 7.93. The van der Waals surface area contributed by atoms with Crippen LogP contribution in [0.25, 0.3) is 0 Å². The van der Waals surface area contributed by atoms with Gasteiger partial charge in [0.05, 0.1) is 9.79 Å². The Balaban J connectivity index is 1.78. The van der Waals surface area contributed by atoms with E-state index in [2.05, 4.69) is 14.4 Å². The summed E-state index contributed by atoms with van der Waals surface area (Å²) in [6.07, 6.45) is 1.47. The molecule has 0 saturated carbocycles. The molecule has 7 nitrogen and oxygen atoms in total. The Morgan fingerprint density at radius 3 is 1.81 bits per heavy atom. The molecular weight excluding hydrogens is 374 g/mol. The van der Waals surface area contributed by atoms with Crippen molar-refractivity contribution in [1.29, 1.82) is 0 Å². The second-order valence-electron chi connectivity index (χ2n) is 5.26. The molecule has 0 spiro atoms. The molecule has 0 unspecified atom stereocenters. The zero-order valence-electron chi connectivity index (χ0n) is 13.4. The van der Waals surface area contributed by atoms with Crippen LogP contribution in [0.2, 0.25) is 0 Å². The second-order valence-corrected chi connectivity index (χ2v) is 8.63. The van der Waals surface area contributed by atoms with Crippen LogP contribution in [0.3, 0.4) is 0 Å². The first-order valence-corrected chi connectivity index (χ1v) is 10.5. The average molecular weight is 389 g/mol. The van der Waals surface area contributed by atoms with Gasteiger partial charge in [0.1, 0.15) is 5.82 Å². The summed E-state index contributed by atoms with van der Waals surface area (Å²) in [6, 6.07) is 18.1. The number of benzene rings is 2. The van der Waals surface area contributed by atoms with Gasteiger partial charge in [-0.15, -0.1) is 0 Å². The highest BCUT2D eigenvalue weighted by atomic mass is 32.2. The number of rotatable bonds is 6. The quantitative estimate of drug-likeness (QED) is 0.674. The highest BCUT2D eigenvalue weighted by Gasteiger charge is 2.16. The fourth-order valence-electron chi connectivity index (χ4n) is 2.14. The molecule has 2 N–H and O–H groups in total. The molecule has 0 fully saturated rings. The third-order valence-electron chi connectivity index (χ3n) is 3.37. The van der Waals surface area contributed by atoms with E-state index in [0.717, 1.165) is 0 Å². The van der Waals surface area contributed by atoms with Crippen LogP contribution in [0.5, 0.6) is 0 Å². The largest absolute Gasteiger partial charge is 0.280 e. The van der Waals surface area contributed by atoms with Crippen molar-refractivity contribution in [2.75, 3.05) is 9.44 Å². The van der Waals surface area contributed by atoms with Crippen molar-refractivity contribution < 1.29 is 16.8 Å². The molecule has 3 rings (SSSR count). The van der Waals surface area contributed by atoms with E-state index in [4.69, 9.17) is 0 Å². The van der Waals surface area contributed by atoms with Gasteiger partial charge < -0.3 is 0 Å². The van der Waals surface area contributed by atoms with Gasteiger partial charge in [-0.2, -0.15) is 0 Å². The highest BCUT2D eigenvalue weighted by Crippen LogP contribution is 2.19. The summed E-state index contributed by atoms with van der Waals surface area (Å²) in [4.78, 5) is 4.02. The lowest BCUT2D eigenvalue weighted by molar-refractivity contribution is 0.600.